The Morgan fingerprint density at radius 2 is 1.71 bits per heavy atom. The van der Waals surface area contributed by atoms with Gasteiger partial charge in [-0.3, -0.25) is 4.79 Å². The van der Waals surface area contributed by atoms with Gasteiger partial charge < -0.3 is 4.74 Å². The lowest BCUT2D eigenvalue weighted by atomic mass is 9.79. The molecule has 0 N–H and O–H groups in total. The predicted molar refractivity (Wildman–Crippen MR) is 99.6 cm³/mol. The number of carbonyl (C=O) groups is 1. The molecule has 1 aliphatic heterocycles. The number of benzene rings is 2. The van der Waals surface area contributed by atoms with Crippen molar-refractivity contribution in [3.8, 4) is 5.75 Å². The van der Waals surface area contributed by atoms with Crippen LogP contribution in [0.1, 0.15) is 61.2 Å². The molecule has 0 saturated carbocycles. The second-order valence-corrected chi connectivity index (χ2v) is 7.20. The standard InChI is InChI=1S/C22H24O2/c1-15(13-17-5-7-18(8-6-17)16(2)23)19-9-10-21-20(14-19)22(3,4)11-12-24-21/h5-10,13-14H,11-12H2,1-4H3. The van der Waals surface area contributed by atoms with Crippen molar-refractivity contribution < 1.29 is 9.53 Å². The van der Waals surface area contributed by atoms with Crippen LogP contribution in [-0.4, -0.2) is 12.4 Å². The van der Waals surface area contributed by atoms with Crippen molar-refractivity contribution >= 4 is 17.4 Å². The Balaban J connectivity index is 1.92. The molecule has 1 aliphatic rings. The van der Waals surface area contributed by atoms with Gasteiger partial charge in [0.05, 0.1) is 6.61 Å². The third-order valence-electron chi connectivity index (χ3n) is 4.85. The first-order valence-electron chi connectivity index (χ1n) is 8.44. The molecule has 0 atom stereocenters. The molecule has 0 amide bonds. The van der Waals surface area contributed by atoms with Crippen LogP contribution in [0.15, 0.2) is 42.5 Å². The van der Waals surface area contributed by atoms with Crippen molar-refractivity contribution in [2.75, 3.05) is 6.61 Å². The highest BCUT2D eigenvalue weighted by Gasteiger charge is 2.28. The van der Waals surface area contributed by atoms with Gasteiger partial charge in [0, 0.05) is 11.1 Å². The first-order chi connectivity index (χ1) is 11.4. The summed E-state index contributed by atoms with van der Waals surface area (Å²) >= 11 is 0. The number of fused-ring (bicyclic) bond motifs is 1. The summed E-state index contributed by atoms with van der Waals surface area (Å²) in [5.41, 5.74) is 5.69. The summed E-state index contributed by atoms with van der Waals surface area (Å²) in [6.07, 6.45) is 3.20. The Labute approximate surface area is 144 Å². The zero-order valence-corrected chi connectivity index (χ0v) is 14.8. The minimum atomic E-state index is 0.0965. The molecule has 1 heterocycles. The van der Waals surface area contributed by atoms with Gasteiger partial charge >= 0.3 is 0 Å². The summed E-state index contributed by atoms with van der Waals surface area (Å²) in [7, 11) is 0. The monoisotopic (exact) mass is 320 g/mol. The Morgan fingerprint density at radius 1 is 1.04 bits per heavy atom. The van der Waals surface area contributed by atoms with Crippen LogP contribution in [0.4, 0.5) is 0 Å². The van der Waals surface area contributed by atoms with Crippen LogP contribution in [0, 0.1) is 0 Å². The third kappa shape index (κ3) is 3.28. The third-order valence-corrected chi connectivity index (χ3v) is 4.85. The molecule has 0 aliphatic carbocycles. The molecule has 0 aromatic heterocycles. The van der Waals surface area contributed by atoms with Crippen molar-refractivity contribution in [2.45, 2.75) is 39.5 Å². The van der Waals surface area contributed by atoms with E-state index in [0.29, 0.717) is 0 Å². The van der Waals surface area contributed by atoms with E-state index in [0.717, 1.165) is 29.9 Å². The number of allylic oxidation sites excluding steroid dienone is 1. The molecule has 0 radical (unpaired) electrons. The van der Waals surface area contributed by atoms with E-state index in [1.54, 1.807) is 6.92 Å². The Morgan fingerprint density at radius 3 is 2.38 bits per heavy atom. The summed E-state index contributed by atoms with van der Waals surface area (Å²) in [5, 5.41) is 0. The summed E-state index contributed by atoms with van der Waals surface area (Å²) in [4.78, 5) is 11.4. The maximum absolute atomic E-state index is 11.4. The van der Waals surface area contributed by atoms with Gasteiger partial charge in [0.25, 0.3) is 0 Å². The van der Waals surface area contributed by atoms with Crippen LogP contribution in [0.25, 0.3) is 11.6 Å². The second-order valence-electron chi connectivity index (χ2n) is 7.20. The Bertz CT molecular complexity index is 795. The zero-order chi connectivity index (χ0) is 17.3. The number of hydrogen-bond acceptors (Lipinski definition) is 2. The smallest absolute Gasteiger partial charge is 0.159 e. The van der Waals surface area contributed by atoms with Crippen molar-refractivity contribution in [3.05, 3.63) is 64.7 Å². The first kappa shape index (κ1) is 16.5. The summed E-state index contributed by atoms with van der Waals surface area (Å²) in [6.45, 7) is 9.05. The molecule has 2 aromatic carbocycles. The topological polar surface area (TPSA) is 26.3 Å². The number of hydrogen-bond donors (Lipinski definition) is 0. The highest BCUT2D eigenvalue weighted by Crippen LogP contribution is 2.39. The maximum atomic E-state index is 11.4. The summed E-state index contributed by atoms with van der Waals surface area (Å²) in [5.74, 6) is 1.10. The molecule has 2 heteroatoms. The van der Waals surface area contributed by atoms with Gasteiger partial charge in [0.2, 0.25) is 0 Å². The number of carbonyl (C=O) groups excluding carboxylic acids is 1. The summed E-state index contributed by atoms with van der Waals surface area (Å²) in [6, 6.07) is 14.2. The van der Waals surface area contributed by atoms with Gasteiger partial charge in [-0.25, -0.2) is 0 Å². The average molecular weight is 320 g/mol. The van der Waals surface area contributed by atoms with E-state index in [1.165, 1.54) is 16.7 Å². The number of Topliss-reactive ketones (excluding diaryl/α,β-unsaturated/α-hetero) is 1. The molecule has 2 aromatic rings. The molecule has 0 saturated heterocycles. The molecular weight excluding hydrogens is 296 g/mol. The van der Waals surface area contributed by atoms with E-state index in [9.17, 15) is 4.79 Å². The van der Waals surface area contributed by atoms with Crippen molar-refractivity contribution in [1.82, 2.24) is 0 Å². The molecule has 0 spiro atoms. The van der Waals surface area contributed by atoms with Crippen LogP contribution in [-0.2, 0) is 5.41 Å². The van der Waals surface area contributed by atoms with Crippen LogP contribution < -0.4 is 4.74 Å². The number of rotatable bonds is 3. The highest BCUT2D eigenvalue weighted by molar-refractivity contribution is 5.94. The molecule has 0 fully saturated rings. The Hall–Kier alpha value is -2.35. The van der Waals surface area contributed by atoms with Crippen LogP contribution >= 0.6 is 0 Å². The lowest BCUT2D eigenvalue weighted by Crippen LogP contribution is -2.26. The first-order valence-corrected chi connectivity index (χ1v) is 8.44. The predicted octanol–water partition coefficient (Wildman–Crippen LogP) is 5.51. The average Bonchev–Trinajstić information content (AvgIpc) is 2.55. The normalized spacial score (nSPS) is 16.2. The Kier molecular flexibility index (Phi) is 4.31. The summed E-state index contributed by atoms with van der Waals surface area (Å²) < 4.78 is 5.80. The van der Waals surface area contributed by atoms with E-state index in [2.05, 4.69) is 45.0 Å². The second kappa shape index (κ2) is 6.27. The van der Waals surface area contributed by atoms with Crippen LogP contribution in [0.5, 0.6) is 5.75 Å². The van der Waals surface area contributed by atoms with E-state index < -0.39 is 0 Å². The fourth-order valence-electron chi connectivity index (χ4n) is 3.13. The van der Waals surface area contributed by atoms with E-state index >= 15 is 0 Å². The fraction of sp³-hybridized carbons (Fsp3) is 0.318. The largest absolute Gasteiger partial charge is 0.493 e. The van der Waals surface area contributed by atoms with Gasteiger partial charge in [-0.1, -0.05) is 50.3 Å². The number of ether oxygens (including phenoxy) is 1. The van der Waals surface area contributed by atoms with Crippen molar-refractivity contribution in [1.29, 1.82) is 0 Å². The molecular formula is C22H24O2. The van der Waals surface area contributed by atoms with Gasteiger partial charge in [-0.15, -0.1) is 0 Å². The zero-order valence-electron chi connectivity index (χ0n) is 14.8. The van der Waals surface area contributed by atoms with E-state index in [4.69, 9.17) is 4.74 Å². The SMILES string of the molecule is CC(=O)c1ccc(C=C(C)c2ccc3c(c2)C(C)(C)CCO3)cc1. The molecule has 0 bridgehead atoms. The molecule has 24 heavy (non-hydrogen) atoms. The van der Waals surface area contributed by atoms with E-state index in [1.807, 2.05) is 24.3 Å². The lowest BCUT2D eigenvalue weighted by molar-refractivity contribution is 0.101. The molecule has 124 valence electrons. The highest BCUT2D eigenvalue weighted by atomic mass is 16.5. The van der Waals surface area contributed by atoms with Gasteiger partial charge in [0.15, 0.2) is 5.78 Å². The van der Waals surface area contributed by atoms with Crippen molar-refractivity contribution in [2.24, 2.45) is 0 Å². The molecule has 0 unspecified atom stereocenters. The minimum absolute atomic E-state index is 0.0965. The maximum Gasteiger partial charge on any atom is 0.159 e. The number of ketones is 1. The van der Waals surface area contributed by atoms with Crippen LogP contribution in [0.3, 0.4) is 0 Å². The lowest BCUT2D eigenvalue weighted by Gasteiger charge is -2.32. The van der Waals surface area contributed by atoms with Crippen LogP contribution in [0.2, 0.25) is 0 Å². The van der Waals surface area contributed by atoms with Gasteiger partial charge in [-0.05, 0) is 54.5 Å². The van der Waals surface area contributed by atoms with Crippen molar-refractivity contribution in [3.63, 3.8) is 0 Å². The van der Waals surface area contributed by atoms with Gasteiger partial charge in [-0.2, -0.15) is 0 Å². The minimum Gasteiger partial charge on any atom is -0.493 e. The molecule has 3 rings (SSSR count). The van der Waals surface area contributed by atoms with E-state index in [-0.39, 0.29) is 11.2 Å². The quantitative estimate of drug-likeness (QED) is 0.550. The molecule has 2 nitrogen and oxygen atoms in total. The van der Waals surface area contributed by atoms with Gasteiger partial charge in [0.1, 0.15) is 5.75 Å². The fourth-order valence-corrected chi connectivity index (χ4v) is 3.13.